The maximum Gasteiger partial charge on any atom is 0.330 e. The van der Waals surface area contributed by atoms with E-state index in [0.29, 0.717) is 31.3 Å². The van der Waals surface area contributed by atoms with Gasteiger partial charge in [0.05, 0.1) is 103 Å². The fraction of sp³-hybridized carbons (Fsp3) is 0.779. The molecule has 0 saturated carbocycles. The molecule has 1 aromatic rings. The Labute approximate surface area is 606 Å². The van der Waals surface area contributed by atoms with E-state index in [1.54, 1.807) is 75.3 Å². The summed E-state index contributed by atoms with van der Waals surface area (Å²) >= 11 is 0. The first-order chi connectivity index (χ1) is 48.2. The molecule has 4 heterocycles. The van der Waals surface area contributed by atoms with Gasteiger partial charge in [0, 0.05) is 71.6 Å². The van der Waals surface area contributed by atoms with Gasteiger partial charge >= 0.3 is 11.9 Å². The highest BCUT2D eigenvalue weighted by Crippen LogP contribution is 2.40. The van der Waals surface area contributed by atoms with Gasteiger partial charge in [0.2, 0.25) is 11.6 Å². The van der Waals surface area contributed by atoms with E-state index in [-0.39, 0.29) is 112 Å². The Morgan fingerprint density at radius 1 is 0.650 bits per heavy atom. The average molecular weight is 1460 g/mol. The van der Waals surface area contributed by atoms with Crippen molar-refractivity contribution in [3.63, 3.8) is 0 Å². The van der Waals surface area contributed by atoms with E-state index in [4.69, 9.17) is 33.2 Å². The number of Topliss-reactive ketones (excluding diaryl/α,β-unsaturated/α-hetero) is 2. The number of esters is 2. The highest BCUT2D eigenvalue weighted by atomic mass is 16.7. The molecule has 6 rings (SSSR count). The van der Waals surface area contributed by atoms with Crippen molar-refractivity contribution >= 4 is 29.3 Å². The topological polar surface area (TPSA) is 433 Å². The number of carbonyl (C=O) groups is 5. The van der Waals surface area contributed by atoms with Crippen molar-refractivity contribution < 1.29 is 129 Å². The molecule has 0 amide bonds. The van der Waals surface area contributed by atoms with Crippen molar-refractivity contribution in [3.8, 4) is 0 Å². The third kappa shape index (κ3) is 24.8. The van der Waals surface area contributed by atoms with Crippen LogP contribution in [0, 0.1) is 41.4 Å². The minimum absolute atomic E-state index is 0.0469. The summed E-state index contributed by atoms with van der Waals surface area (Å²) in [5.74, 6) is -11.3. The molecule has 3 saturated heterocycles. The van der Waals surface area contributed by atoms with Crippen LogP contribution in [0.5, 0.6) is 0 Å². The van der Waals surface area contributed by atoms with E-state index in [9.17, 15) is 95.5 Å². The third-order valence-electron chi connectivity index (χ3n) is 21.9. The van der Waals surface area contributed by atoms with E-state index in [1.165, 1.54) is 43.4 Å². The summed E-state index contributed by atoms with van der Waals surface area (Å²) in [6, 6.07) is 4.40. The van der Waals surface area contributed by atoms with Gasteiger partial charge in [-0.25, -0.2) is 4.79 Å². The normalized spacial score (nSPS) is 39.1. The lowest BCUT2D eigenvalue weighted by molar-refractivity contribution is -0.330. The summed E-state index contributed by atoms with van der Waals surface area (Å²) in [7, 11) is 0. The van der Waals surface area contributed by atoms with Crippen LogP contribution in [-0.4, -0.2) is 235 Å². The molecule has 26 heteroatoms. The summed E-state index contributed by atoms with van der Waals surface area (Å²) in [6.07, 6.45) is -13.5. The molecular weight excluding hydrogens is 1340 g/mol. The predicted molar refractivity (Wildman–Crippen MR) is 375 cm³/mol. The first-order valence-corrected chi connectivity index (χ1v) is 37.4. The molecular formula is C77H122O26. The molecule has 1 aliphatic carbocycles. The van der Waals surface area contributed by atoms with Crippen LogP contribution in [0.15, 0.2) is 54.2 Å². The van der Waals surface area contributed by atoms with Crippen LogP contribution in [0.2, 0.25) is 0 Å². The molecule has 30 atom stereocenters. The Morgan fingerprint density at radius 3 is 1.93 bits per heavy atom. The van der Waals surface area contributed by atoms with Crippen LogP contribution < -0.4 is 0 Å². The van der Waals surface area contributed by atoms with E-state index in [1.807, 2.05) is 6.92 Å². The first kappa shape index (κ1) is 87.5. The summed E-state index contributed by atoms with van der Waals surface area (Å²) in [4.78, 5) is 66.0. The molecule has 5 aliphatic rings. The van der Waals surface area contributed by atoms with Crippen LogP contribution in [0.25, 0.3) is 0 Å². The molecule has 103 heavy (non-hydrogen) atoms. The van der Waals surface area contributed by atoms with Crippen LogP contribution >= 0.6 is 0 Å². The van der Waals surface area contributed by atoms with Gasteiger partial charge in [-0.3, -0.25) is 19.2 Å². The molecule has 2 bridgehead atoms. The molecule has 26 nitrogen and oxygen atoms in total. The van der Waals surface area contributed by atoms with Crippen molar-refractivity contribution in [2.45, 2.75) is 339 Å². The molecule has 8 unspecified atom stereocenters. The molecule has 14 N–H and O–H groups in total. The number of rotatable bonds is 15. The highest BCUT2D eigenvalue weighted by molar-refractivity contribution is 6.24. The van der Waals surface area contributed by atoms with Gasteiger partial charge in [-0.15, -0.1) is 0 Å². The zero-order valence-corrected chi connectivity index (χ0v) is 62.2. The van der Waals surface area contributed by atoms with Gasteiger partial charge < -0.3 is 105 Å². The zero-order chi connectivity index (χ0) is 76.7. The molecule has 0 aromatic heterocycles. The average Bonchev–Trinajstić information content (AvgIpc) is 0.797. The number of hydrogen-bond donors (Lipinski definition) is 14. The number of ketones is 3. The Bertz CT molecular complexity index is 2970. The van der Waals surface area contributed by atoms with Gasteiger partial charge in [0.15, 0.2) is 24.1 Å². The van der Waals surface area contributed by atoms with Crippen LogP contribution in [0.3, 0.4) is 0 Å². The molecule has 4 aliphatic heterocycles. The Balaban J connectivity index is 1.05. The third-order valence-corrected chi connectivity index (χ3v) is 21.9. The molecule has 3 fully saturated rings. The second-order valence-electron chi connectivity index (χ2n) is 31.0. The van der Waals surface area contributed by atoms with Gasteiger partial charge in [-0.1, -0.05) is 72.8 Å². The Kier molecular flexibility index (Phi) is 33.7. The minimum atomic E-state index is -2.58. The number of cyclic esters (lactones) is 1. The SMILES string of the molecule is CCC(O[C@H]1C[C@@](C)(O)[C@H](OC2CC[C@H](OC(=O)[C@H](C)[C@H](O)c3ccc4c(c3)C(=O)C=C(C)C4=O)[C@@H](C)O2)[C@H](C)O1)[C@H](C)[C@H](O)[C@@H](C)C(O)[C@H](C)C1OC(=O)/C=C/[C@H](C)[C@H](O)C[C@H](O)CCCC(O)CC[C@@H](C)[C@H](O)C(=O)[C@@]2(O)C[C@@H](O)C[C@@H](C[C@H](O)CC(O)CC(O)CCCC(O)/C=C/[C@@H]1C)O2. The van der Waals surface area contributed by atoms with Crippen molar-refractivity contribution in [1.82, 2.24) is 0 Å². The Hall–Kier alpha value is -4.37. The second-order valence-corrected chi connectivity index (χ2v) is 31.0. The van der Waals surface area contributed by atoms with Crippen LogP contribution in [0.1, 0.15) is 231 Å². The molecule has 0 spiro atoms. The van der Waals surface area contributed by atoms with Crippen LogP contribution in [0.4, 0.5) is 0 Å². The monoisotopic (exact) mass is 1460 g/mol. The molecule has 1 aromatic carbocycles. The van der Waals surface area contributed by atoms with E-state index in [0.717, 1.165) is 6.08 Å². The smallest absolute Gasteiger partial charge is 0.330 e. The number of hydrogen-bond acceptors (Lipinski definition) is 26. The summed E-state index contributed by atoms with van der Waals surface area (Å²) in [5.41, 5.74) is -0.565. The number of aliphatic hydroxyl groups is 14. The quantitative estimate of drug-likeness (QED) is 0.0799. The molecule has 586 valence electrons. The summed E-state index contributed by atoms with van der Waals surface area (Å²) in [5, 5.41) is 157. The number of allylic oxidation sites excluding steroid dienone is 2. The Morgan fingerprint density at radius 2 is 1.27 bits per heavy atom. The van der Waals surface area contributed by atoms with Gasteiger partial charge in [0.1, 0.15) is 24.4 Å². The lowest BCUT2D eigenvalue weighted by atomic mass is 9.78. The fourth-order valence-electron chi connectivity index (χ4n) is 15.1. The van der Waals surface area contributed by atoms with E-state index < -0.39 is 206 Å². The number of fused-ring (bicyclic) bond motifs is 3. The van der Waals surface area contributed by atoms with E-state index >= 15 is 0 Å². The number of ether oxygens (including phenoxy) is 7. The summed E-state index contributed by atoms with van der Waals surface area (Å²) < 4.78 is 43.1. The maximum absolute atomic E-state index is 13.8. The second kappa shape index (κ2) is 39.6. The van der Waals surface area contributed by atoms with Gasteiger partial charge in [-0.2, -0.15) is 0 Å². The molecule has 0 radical (unpaired) electrons. The van der Waals surface area contributed by atoms with Crippen LogP contribution in [-0.2, 0) is 47.5 Å². The lowest BCUT2D eigenvalue weighted by Crippen LogP contribution is -2.59. The summed E-state index contributed by atoms with van der Waals surface area (Å²) in [6.45, 7) is 20.0. The van der Waals surface area contributed by atoms with Crippen molar-refractivity contribution in [3.05, 3.63) is 70.8 Å². The van der Waals surface area contributed by atoms with Crippen molar-refractivity contribution in [2.24, 2.45) is 41.4 Å². The largest absolute Gasteiger partial charge is 0.459 e. The predicted octanol–water partition coefficient (Wildman–Crippen LogP) is 5.13. The standard InChI is InChI=1S/C77H122O26/c1-13-62(99-66-38-76(12,95)74(48(11)98-66)102-65-29-27-63(47(10)97-65)100-75(94)46(9)71(92)49-23-26-58-59(31-49)61(86)30-42(5)67(58)88)43(6)69(90)44(7)70(91)45(8)72-41(4)21-25-51(79)16-14-18-52(80)32-54(82)33-55(83)34-57-35-56(84)37-77(96,103-57)73(93)68(89)40(3)20-24-50(78)17-15-19-53(81)36-60(85)39(2)22-28-64(87)101-72/h21-23,25-26,28,30-31,39-41,43-48,50-57,60,62-63,65-66,68-72,74,78-85,89-92,95-96H,13-20,24,27,29,32-38H2,1-12H3/b25-21+,28-22+/t39-,40+,41-,43-,44+,45-,46+,47+,48-,50?,51?,52?,53+,54?,55+,56-,57+,60+,62?,63-,65?,66-,68-,69-,70?,71-,72?,74+,76+,77+/m0/s1. The van der Waals surface area contributed by atoms with Gasteiger partial charge in [0.25, 0.3) is 0 Å². The first-order valence-electron chi connectivity index (χ1n) is 37.4. The van der Waals surface area contributed by atoms with Crippen molar-refractivity contribution in [2.75, 3.05) is 0 Å². The zero-order valence-electron chi connectivity index (χ0n) is 62.2. The van der Waals surface area contributed by atoms with Gasteiger partial charge in [-0.05, 0) is 161 Å². The number of benzene rings is 1. The van der Waals surface area contributed by atoms with E-state index in [2.05, 4.69) is 0 Å². The lowest BCUT2D eigenvalue weighted by Gasteiger charge is -2.47. The maximum atomic E-state index is 13.8. The number of carbonyl (C=O) groups excluding carboxylic acids is 5. The number of aliphatic hydroxyl groups excluding tert-OH is 12. The fourth-order valence-corrected chi connectivity index (χ4v) is 15.1. The highest BCUT2D eigenvalue weighted by Gasteiger charge is 2.51. The minimum Gasteiger partial charge on any atom is -0.459 e. The van der Waals surface area contributed by atoms with Crippen molar-refractivity contribution in [1.29, 1.82) is 0 Å².